The van der Waals surface area contributed by atoms with Gasteiger partial charge in [-0.15, -0.1) is 0 Å². The van der Waals surface area contributed by atoms with Gasteiger partial charge < -0.3 is 10.1 Å². The van der Waals surface area contributed by atoms with Crippen molar-refractivity contribution in [3.05, 3.63) is 67.7 Å². The first kappa shape index (κ1) is 19.9. The minimum atomic E-state index is -1.47. The molecule has 29 heavy (non-hydrogen) atoms. The Labute approximate surface area is 177 Å². The van der Waals surface area contributed by atoms with Crippen LogP contribution in [0.4, 0.5) is 5.69 Å². The Hall–Kier alpha value is -2.35. The molecular formula is C20H19Cl2N3O4. The van der Waals surface area contributed by atoms with Gasteiger partial charge in [0.2, 0.25) is 0 Å². The van der Waals surface area contributed by atoms with E-state index in [0.717, 1.165) is 0 Å². The van der Waals surface area contributed by atoms with E-state index in [-0.39, 0.29) is 21.0 Å². The van der Waals surface area contributed by atoms with Crippen LogP contribution >= 0.6 is 23.2 Å². The van der Waals surface area contributed by atoms with Crippen molar-refractivity contribution in [2.45, 2.75) is 37.4 Å². The fraction of sp³-hybridized carbons (Fsp3) is 0.350. The van der Waals surface area contributed by atoms with E-state index in [2.05, 4.69) is 10.6 Å². The lowest BCUT2D eigenvalue weighted by molar-refractivity contribution is -0.532. The number of anilines is 1. The standard InChI is InChI=1S/C20H19Cl2N3O4/c1-3-29-17-13(21)8-11(9-14(17)22)16-10(2)24-20(18(16)25(27)28)12-6-4-5-7-15(12)23-19(20)26/h4-10,16,18,24H,3H2,1-2H3,(H,23,26)/t10-,16-,18+,20-/m0/s1. The van der Waals surface area contributed by atoms with Crippen molar-refractivity contribution in [2.24, 2.45) is 0 Å². The van der Waals surface area contributed by atoms with Crippen LogP contribution in [0.15, 0.2) is 36.4 Å². The maximum Gasteiger partial charge on any atom is 0.256 e. The SMILES string of the molecule is CCOc1c(Cl)cc([C@@H]2[C@H](C)N[C@]3(C(=O)Nc4ccccc43)[C@@H]2[N+](=O)[O-])cc1Cl. The van der Waals surface area contributed by atoms with Crippen LogP contribution in [0.1, 0.15) is 30.9 Å². The number of nitro groups is 1. The van der Waals surface area contributed by atoms with Crippen LogP contribution in [0.3, 0.4) is 0 Å². The lowest BCUT2D eigenvalue weighted by atomic mass is 9.78. The average Bonchev–Trinajstić information content (AvgIpc) is 3.13. The van der Waals surface area contributed by atoms with Crippen LogP contribution in [0.25, 0.3) is 0 Å². The van der Waals surface area contributed by atoms with Gasteiger partial charge in [0.25, 0.3) is 11.9 Å². The Morgan fingerprint density at radius 1 is 1.24 bits per heavy atom. The third-order valence-electron chi connectivity index (χ3n) is 5.66. The van der Waals surface area contributed by atoms with Crippen molar-refractivity contribution < 1.29 is 14.5 Å². The summed E-state index contributed by atoms with van der Waals surface area (Å²) < 4.78 is 5.47. The molecule has 2 aromatic rings. The molecule has 2 aromatic carbocycles. The number of carbonyl (C=O) groups is 1. The topological polar surface area (TPSA) is 93.5 Å². The number of ether oxygens (including phenoxy) is 1. The van der Waals surface area contributed by atoms with E-state index in [1.165, 1.54) is 0 Å². The number of amides is 1. The van der Waals surface area contributed by atoms with Crippen molar-refractivity contribution in [2.75, 3.05) is 11.9 Å². The molecule has 2 aliphatic heterocycles. The summed E-state index contributed by atoms with van der Waals surface area (Å²) in [7, 11) is 0. The predicted molar refractivity (Wildman–Crippen MR) is 111 cm³/mol. The highest BCUT2D eigenvalue weighted by atomic mass is 35.5. The summed E-state index contributed by atoms with van der Waals surface area (Å²) in [4.78, 5) is 24.9. The maximum absolute atomic E-state index is 13.0. The number of nitrogens with zero attached hydrogens (tertiary/aromatic N) is 1. The number of nitrogens with one attached hydrogen (secondary N) is 2. The molecule has 1 saturated heterocycles. The normalized spacial score (nSPS) is 27.7. The molecule has 2 heterocycles. The van der Waals surface area contributed by atoms with Crippen LogP contribution in [0.5, 0.6) is 5.75 Å². The van der Waals surface area contributed by atoms with Crippen LogP contribution in [0, 0.1) is 10.1 Å². The van der Waals surface area contributed by atoms with E-state index in [1.54, 1.807) is 36.4 Å². The first-order valence-corrected chi connectivity index (χ1v) is 10.0. The van der Waals surface area contributed by atoms with Gasteiger partial charge >= 0.3 is 0 Å². The minimum absolute atomic E-state index is 0.279. The summed E-state index contributed by atoms with van der Waals surface area (Å²) in [5.41, 5.74) is 0.262. The molecule has 1 spiro atoms. The maximum atomic E-state index is 13.0. The largest absolute Gasteiger partial charge is 0.491 e. The van der Waals surface area contributed by atoms with Crippen LogP contribution in [-0.2, 0) is 10.3 Å². The van der Waals surface area contributed by atoms with E-state index >= 15 is 0 Å². The number of carbonyl (C=O) groups excluding carboxylic acids is 1. The van der Waals surface area contributed by atoms with Crippen molar-refractivity contribution in [3.8, 4) is 5.75 Å². The summed E-state index contributed by atoms with van der Waals surface area (Å²) in [5, 5.41) is 18.8. The number of halogens is 2. The summed E-state index contributed by atoms with van der Waals surface area (Å²) in [6, 6.07) is 8.67. The molecule has 9 heteroatoms. The lowest BCUT2D eigenvalue weighted by Gasteiger charge is -2.25. The number of hydrogen-bond acceptors (Lipinski definition) is 5. The Morgan fingerprint density at radius 2 is 1.90 bits per heavy atom. The highest BCUT2D eigenvalue weighted by molar-refractivity contribution is 6.37. The van der Waals surface area contributed by atoms with E-state index in [0.29, 0.717) is 29.2 Å². The van der Waals surface area contributed by atoms with Gasteiger partial charge in [0.1, 0.15) is 0 Å². The zero-order valence-corrected chi connectivity index (χ0v) is 17.3. The number of rotatable bonds is 4. The predicted octanol–water partition coefficient (Wildman–Crippen LogP) is 3.96. The molecule has 1 fully saturated rings. The van der Waals surface area contributed by atoms with Gasteiger partial charge in [0, 0.05) is 22.2 Å². The summed E-state index contributed by atoms with van der Waals surface area (Å²) in [6.45, 7) is 4.02. The second-order valence-corrected chi connectivity index (χ2v) is 8.06. The quantitative estimate of drug-likeness (QED) is 0.559. The highest BCUT2D eigenvalue weighted by Gasteiger charge is 2.67. The molecule has 1 amide bonds. The first-order chi connectivity index (χ1) is 13.8. The Bertz CT molecular complexity index is 992. The second-order valence-electron chi connectivity index (χ2n) is 7.24. The molecule has 0 bridgehead atoms. The van der Waals surface area contributed by atoms with Gasteiger partial charge in [0.15, 0.2) is 11.3 Å². The molecule has 7 nitrogen and oxygen atoms in total. The molecule has 0 unspecified atom stereocenters. The van der Waals surface area contributed by atoms with Crippen molar-refractivity contribution in [1.29, 1.82) is 0 Å². The van der Waals surface area contributed by atoms with Crippen LogP contribution < -0.4 is 15.4 Å². The fourth-order valence-electron chi connectivity index (χ4n) is 4.61. The smallest absolute Gasteiger partial charge is 0.256 e. The fourth-order valence-corrected chi connectivity index (χ4v) is 5.22. The van der Waals surface area contributed by atoms with Gasteiger partial charge in [-0.2, -0.15) is 0 Å². The zero-order valence-electron chi connectivity index (χ0n) is 15.7. The van der Waals surface area contributed by atoms with Crippen LogP contribution in [-0.4, -0.2) is 29.5 Å². The Morgan fingerprint density at radius 3 is 2.52 bits per heavy atom. The Balaban J connectivity index is 1.87. The van der Waals surface area contributed by atoms with Gasteiger partial charge in [-0.25, -0.2) is 0 Å². The molecule has 0 aromatic heterocycles. The van der Waals surface area contributed by atoms with Gasteiger partial charge in [-0.05, 0) is 37.6 Å². The van der Waals surface area contributed by atoms with E-state index in [9.17, 15) is 14.9 Å². The average molecular weight is 436 g/mol. The van der Waals surface area contributed by atoms with E-state index in [1.807, 2.05) is 13.8 Å². The minimum Gasteiger partial charge on any atom is -0.491 e. The van der Waals surface area contributed by atoms with Gasteiger partial charge in [0.05, 0.1) is 22.6 Å². The van der Waals surface area contributed by atoms with Gasteiger partial charge in [-0.1, -0.05) is 41.4 Å². The summed E-state index contributed by atoms with van der Waals surface area (Å²) in [5.74, 6) is -0.722. The third-order valence-corrected chi connectivity index (χ3v) is 6.22. The molecule has 0 saturated carbocycles. The second kappa shape index (κ2) is 7.16. The number of benzene rings is 2. The monoisotopic (exact) mass is 435 g/mol. The molecule has 4 rings (SSSR count). The Kier molecular flexibility index (Phi) is 4.93. The van der Waals surface area contributed by atoms with Crippen molar-refractivity contribution in [1.82, 2.24) is 5.32 Å². The third kappa shape index (κ3) is 2.87. The van der Waals surface area contributed by atoms with Gasteiger partial charge in [-0.3, -0.25) is 20.2 Å². The zero-order chi connectivity index (χ0) is 20.9. The molecular weight excluding hydrogens is 417 g/mol. The number of fused-ring (bicyclic) bond motifs is 2. The number of para-hydroxylation sites is 1. The number of hydrogen-bond donors (Lipinski definition) is 2. The summed E-state index contributed by atoms with van der Waals surface area (Å²) in [6.07, 6.45) is 0. The molecule has 2 N–H and O–H groups in total. The van der Waals surface area contributed by atoms with E-state index < -0.39 is 23.4 Å². The summed E-state index contributed by atoms with van der Waals surface area (Å²) >= 11 is 12.7. The molecule has 152 valence electrons. The molecule has 0 radical (unpaired) electrons. The van der Waals surface area contributed by atoms with E-state index in [4.69, 9.17) is 27.9 Å². The van der Waals surface area contributed by atoms with Crippen molar-refractivity contribution >= 4 is 34.8 Å². The molecule has 2 aliphatic rings. The van der Waals surface area contributed by atoms with Crippen molar-refractivity contribution in [3.63, 3.8) is 0 Å². The molecule has 0 aliphatic carbocycles. The lowest BCUT2D eigenvalue weighted by Crippen LogP contribution is -2.54. The van der Waals surface area contributed by atoms with Crippen LogP contribution in [0.2, 0.25) is 10.0 Å². The molecule has 4 atom stereocenters. The first-order valence-electron chi connectivity index (χ1n) is 9.25. The highest BCUT2D eigenvalue weighted by Crippen LogP contribution is 2.50.